The summed E-state index contributed by atoms with van der Waals surface area (Å²) in [5, 5.41) is 8.66. The highest BCUT2D eigenvalue weighted by atomic mass is 32.1. The molecule has 0 unspecified atom stereocenters. The Balaban J connectivity index is 2.60. The third-order valence-corrected chi connectivity index (χ3v) is 3.61. The van der Waals surface area contributed by atoms with E-state index in [0.717, 1.165) is 24.6 Å². The predicted octanol–water partition coefficient (Wildman–Crippen LogP) is 1.95. The Morgan fingerprint density at radius 2 is 2.22 bits per heavy atom. The van der Waals surface area contributed by atoms with E-state index in [-0.39, 0.29) is 6.61 Å². The molecule has 1 aromatic rings. The molecular formula is C14H21NO2S. The van der Waals surface area contributed by atoms with E-state index in [0.29, 0.717) is 6.04 Å². The average molecular weight is 267 g/mol. The summed E-state index contributed by atoms with van der Waals surface area (Å²) < 4.78 is 5.13. The molecule has 0 aliphatic heterocycles. The van der Waals surface area contributed by atoms with Gasteiger partial charge in [0.05, 0.1) is 11.5 Å². The van der Waals surface area contributed by atoms with Crippen molar-refractivity contribution in [2.24, 2.45) is 0 Å². The monoisotopic (exact) mass is 267 g/mol. The van der Waals surface area contributed by atoms with Crippen molar-refractivity contribution in [3.63, 3.8) is 0 Å². The summed E-state index contributed by atoms with van der Waals surface area (Å²) in [5.41, 5.74) is 0. The van der Waals surface area contributed by atoms with E-state index in [4.69, 9.17) is 9.84 Å². The maximum atomic E-state index is 8.66. The number of hydrogen-bond acceptors (Lipinski definition) is 4. The lowest BCUT2D eigenvalue weighted by molar-refractivity contribution is 0.125. The van der Waals surface area contributed by atoms with Gasteiger partial charge in [-0.05, 0) is 26.0 Å². The second kappa shape index (κ2) is 8.28. The van der Waals surface area contributed by atoms with Crippen LogP contribution in [-0.4, -0.2) is 42.9 Å². The van der Waals surface area contributed by atoms with Gasteiger partial charge in [0.15, 0.2) is 0 Å². The Labute approximate surface area is 113 Å². The maximum absolute atomic E-state index is 8.66. The van der Waals surface area contributed by atoms with Crippen LogP contribution in [0.5, 0.6) is 0 Å². The molecular weight excluding hydrogens is 246 g/mol. The summed E-state index contributed by atoms with van der Waals surface area (Å²) in [6.07, 6.45) is 0. The molecule has 100 valence electrons. The maximum Gasteiger partial charge on any atom is 0.104 e. The van der Waals surface area contributed by atoms with Crippen molar-refractivity contribution in [2.75, 3.05) is 26.9 Å². The smallest absolute Gasteiger partial charge is 0.104 e. The molecule has 0 aliphatic rings. The fourth-order valence-electron chi connectivity index (χ4n) is 1.59. The molecule has 0 aliphatic carbocycles. The van der Waals surface area contributed by atoms with Gasteiger partial charge in [-0.2, -0.15) is 0 Å². The fraction of sp³-hybridized carbons (Fsp3) is 0.571. The van der Waals surface area contributed by atoms with Crippen LogP contribution in [0.4, 0.5) is 0 Å². The summed E-state index contributed by atoms with van der Waals surface area (Å²) in [7, 11) is 1.73. The molecule has 0 saturated carbocycles. The zero-order valence-corrected chi connectivity index (χ0v) is 12.1. The van der Waals surface area contributed by atoms with Gasteiger partial charge in [0, 0.05) is 31.1 Å². The normalized spacial score (nSPS) is 10.8. The van der Waals surface area contributed by atoms with Gasteiger partial charge in [-0.25, -0.2) is 0 Å². The molecule has 0 radical (unpaired) electrons. The first-order valence-corrected chi connectivity index (χ1v) is 6.90. The van der Waals surface area contributed by atoms with Crippen LogP contribution in [0.3, 0.4) is 0 Å². The quantitative estimate of drug-likeness (QED) is 0.800. The van der Waals surface area contributed by atoms with Crippen LogP contribution in [-0.2, 0) is 11.3 Å². The lowest BCUT2D eigenvalue weighted by atomic mass is 10.3. The first-order valence-electron chi connectivity index (χ1n) is 6.08. The highest BCUT2D eigenvalue weighted by Gasteiger charge is 2.10. The first-order chi connectivity index (χ1) is 8.67. The number of ether oxygens (including phenoxy) is 1. The Morgan fingerprint density at radius 3 is 2.83 bits per heavy atom. The number of rotatable bonds is 6. The van der Waals surface area contributed by atoms with Crippen LogP contribution in [0.15, 0.2) is 12.1 Å². The van der Waals surface area contributed by atoms with Gasteiger partial charge in [0.25, 0.3) is 0 Å². The molecule has 3 nitrogen and oxygen atoms in total. The highest BCUT2D eigenvalue weighted by molar-refractivity contribution is 7.12. The van der Waals surface area contributed by atoms with E-state index in [1.54, 1.807) is 18.4 Å². The van der Waals surface area contributed by atoms with Crippen molar-refractivity contribution in [1.29, 1.82) is 0 Å². The number of thiophene rings is 1. The summed E-state index contributed by atoms with van der Waals surface area (Å²) in [6.45, 7) is 6.90. The van der Waals surface area contributed by atoms with Crippen LogP contribution in [0.25, 0.3) is 0 Å². The molecule has 0 bridgehead atoms. The van der Waals surface area contributed by atoms with Crippen molar-refractivity contribution in [2.45, 2.75) is 26.4 Å². The van der Waals surface area contributed by atoms with Gasteiger partial charge < -0.3 is 9.84 Å². The van der Waals surface area contributed by atoms with E-state index >= 15 is 0 Å². The molecule has 1 rings (SSSR count). The van der Waals surface area contributed by atoms with E-state index in [1.807, 2.05) is 6.07 Å². The summed E-state index contributed by atoms with van der Waals surface area (Å²) in [4.78, 5) is 4.68. The fourth-order valence-corrected chi connectivity index (χ4v) is 2.49. The van der Waals surface area contributed by atoms with Gasteiger partial charge in [-0.1, -0.05) is 11.8 Å². The molecule has 0 saturated heterocycles. The largest absolute Gasteiger partial charge is 0.384 e. The SMILES string of the molecule is COCCN(Cc1ccc(C#CCO)s1)C(C)C. The Bertz CT molecular complexity index is 403. The first kappa shape index (κ1) is 15.2. The Morgan fingerprint density at radius 1 is 1.44 bits per heavy atom. The van der Waals surface area contributed by atoms with Crippen molar-refractivity contribution in [3.8, 4) is 11.8 Å². The third kappa shape index (κ3) is 5.19. The summed E-state index contributed by atoms with van der Waals surface area (Å²) in [5.74, 6) is 5.61. The summed E-state index contributed by atoms with van der Waals surface area (Å²) in [6, 6.07) is 4.61. The van der Waals surface area contributed by atoms with Crippen molar-refractivity contribution in [1.82, 2.24) is 4.90 Å². The van der Waals surface area contributed by atoms with Gasteiger partial charge in [0.2, 0.25) is 0 Å². The molecule has 1 aromatic heterocycles. The van der Waals surface area contributed by atoms with Gasteiger partial charge in [0.1, 0.15) is 6.61 Å². The molecule has 0 fully saturated rings. The third-order valence-electron chi connectivity index (χ3n) is 2.62. The van der Waals surface area contributed by atoms with E-state index < -0.39 is 0 Å². The Hall–Kier alpha value is -0.860. The van der Waals surface area contributed by atoms with Crippen molar-refractivity contribution >= 4 is 11.3 Å². The van der Waals surface area contributed by atoms with Gasteiger partial charge >= 0.3 is 0 Å². The van der Waals surface area contributed by atoms with E-state index in [9.17, 15) is 0 Å². The number of methoxy groups -OCH3 is 1. The second-order valence-corrected chi connectivity index (χ2v) is 5.45. The van der Waals surface area contributed by atoms with Crippen LogP contribution < -0.4 is 0 Å². The molecule has 18 heavy (non-hydrogen) atoms. The van der Waals surface area contributed by atoms with Crippen LogP contribution in [0.1, 0.15) is 23.6 Å². The van der Waals surface area contributed by atoms with E-state index in [2.05, 4.69) is 36.7 Å². The van der Waals surface area contributed by atoms with Gasteiger partial charge in [-0.15, -0.1) is 11.3 Å². The number of nitrogens with zero attached hydrogens (tertiary/aromatic N) is 1. The zero-order valence-electron chi connectivity index (χ0n) is 11.3. The van der Waals surface area contributed by atoms with Gasteiger partial charge in [-0.3, -0.25) is 4.90 Å². The molecule has 1 heterocycles. The van der Waals surface area contributed by atoms with Crippen molar-refractivity contribution in [3.05, 3.63) is 21.9 Å². The van der Waals surface area contributed by atoms with Crippen LogP contribution >= 0.6 is 11.3 Å². The van der Waals surface area contributed by atoms with Crippen LogP contribution in [0.2, 0.25) is 0 Å². The topological polar surface area (TPSA) is 32.7 Å². The molecule has 0 aromatic carbocycles. The van der Waals surface area contributed by atoms with Crippen molar-refractivity contribution < 1.29 is 9.84 Å². The lowest BCUT2D eigenvalue weighted by Crippen LogP contribution is -2.32. The standard InChI is InChI=1S/C14H21NO2S/c1-12(2)15(8-10-17-3)11-14-7-6-13(18-14)5-4-9-16/h6-7,12,16H,8-11H2,1-3H3. The molecule has 4 heteroatoms. The summed E-state index contributed by atoms with van der Waals surface area (Å²) >= 11 is 1.68. The zero-order chi connectivity index (χ0) is 13.4. The highest BCUT2D eigenvalue weighted by Crippen LogP contribution is 2.18. The second-order valence-electron chi connectivity index (χ2n) is 4.28. The predicted molar refractivity (Wildman–Crippen MR) is 75.7 cm³/mol. The molecule has 0 amide bonds. The molecule has 1 N–H and O–H groups in total. The number of aliphatic hydroxyl groups excluding tert-OH is 1. The lowest BCUT2D eigenvalue weighted by Gasteiger charge is -2.25. The number of hydrogen-bond donors (Lipinski definition) is 1. The minimum absolute atomic E-state index is 0.0841. The average Bonchev–Trinajstić information content (AvgIpc) is 2.79. The van der Waals surface area contributed by atoms with E-state index in [1.165, 1.54) is 4.88 Å². The minimum atomic E-state index is -0.0841. The number of aliphatic hydroxyl groups is 1. The molecule has 0 spiro atoms. The Kier molecular flexibility index (Phi) is 6.99. The molecule has 0 atom stereocenters. The van der Waals surface area contributed by atoms with Crippen LogP contribution in [0, 0.1) is 11.8 Å². The minimum Gasteiger partial charge on any atom is -0.384 e.